The van der Waals surface area contributed by atoms with E-state index in [1.54, 1.807) is 6.92 Å². The Morgan fingerprint density at radius 1 is 1.00 bits per heavy atom. The summed E-state index contributed by atoms with van der Waals surface area (Å²) in [5.74, 6) is 0.450. The Morgan fingerprint density at radius 2 is 1.52 bits per heavy atom. The third kappa shape index (κ3) is 5.42. The minimum absolute atomic E-state index is 0.190. The maximum Gasteiger partial charge on any atom is 0.228 e. The van der Waals surface area contributed by atoms with Gasteiger partial charge >= 0.3 is 0 Å². The zero-order valence-corrected chi connectivity index (χ0v) is 14.7. The van der Waals surface area contributed by atoms with E-state index in [2.05, 4.69) is 39.5 Å². The van der Waals surface area contributed by atoms with Crippen molar-refractivity contribution in [3.63, 3.8) is 0 Å². The van der Waals surface area contributed by atoms with Gasteiger partial charge in [-0.25, -0.2) is 0 Å². The van der Waals surface area contributed by atoms with Crippen molar-refractivity contribution in [2.75, 3.05) is 32.7 Å². The molecule has 0 aliphatic carbocycles. The molecule has 0 N–H and O–H groups in total. The maximum absolute atomic E-state index is 12.8. The number of carbonyl (C=O) groups is 2. The Hall–Kier alpha value is -0.900. The molecule has 0 radical (unpaired) electrons. The average Bonchev–Trinajstić information content (AvgIpc) is 2.37. The van der Waals surface area contributed by atoms with Gasteiger partial charge in [-0.3, -0.25) is 14.5 Å². The second-order valence-corrected chi connectivity index (χ2v) is 7.85. The van der Waals surface area contributed by atoms with Crippen LogP contribution in [-0.4, -0.2) is 54.2 Å². The number of hydrogen-bond acceptors (Lipinski definition) is 3. The fourth-order valence-corrected chi connectivity index (χ4v) is 3.25. The van der Waals surface area contributed by atoms with Crippen molar-refractivity contribution in [3.8, 4) is 0 Å². The zero-order valence-electron chi connectivity index (χ0n) is 14.7. The highest BCUT2D eigenvalue weighted by Crippen LogP contribution is 2.37. The lowest BCUT2D eigenvalue weighted by Crippen LogP contribution is -2.53. The highest BCUT2D eigenvalue weighted by atomic mass is 16.2. The van der Waals surface area contributed by atoms with Crippen LogP contribution in [0.15, 0.2) is 0 Å². The first-order chi connectivity index (χ1) is 9.57. The van der Waals surface area contributed by atoms with Crippen LogP contribution >= 0.6 is 0 Å². The second kappa shape index (κ2) is 6.91. The van der Waals surface area contributed by atoms with E-state index in [4.69, 9.17) is 0 Å². The van der Waals surface area contributed by atoms with E-state index in [1.807, 2.05) is 4.90 Å². The minimum Gasteiger partial charge on any atom is -0.340 e. The van der Waals surface area contributed by atoms with Crippen molar-refractivity contribution in [3.05, 3.63) is 0 Å². The van der Waals surface area contributed by atoms with Gasteiger partial charge in [0.15, 0.2) is 0 Å². The van der Waals surface area contributed by atoms with E-state index in [9.17, 15) is 9.59 Å². The first-order valence-electron chi connectivity index (χ1n) is 8.08. The molecule has 0 bridgehead atoms. The number of nitrogens with zero attached hydrogens (tertiary/aromatic N) is 2. The van der Waals surface area contributed by atoms with E-state index in [0.29, 0.717) is 6.54 Å². The quantitative estimate of drug-likeness (QED) is 0.756. The molecule has 1 aliphatic heterocycles. The standard InChI is InChI=1S/C17H32N2O2/c1-7-16(3,4)13-17(5,6)15(21)19-10-8-18(9-11-19)12-14(2)20/h7-13H2,1-6H3. The van der Waals surface area contributed by atoms with Crippen LogP contribution in [0.2, 0.25) is 0 Å². The van der Waals surface area contributed by atoms with E-state index in [0.717, 1.165) is 39.0 Å². The summed E-state index contributed by atoms with van der Waals surface area (Å²) in [6, 6.07) is 0. The zero-order chi connectivity index (χ0) is 16.3. The third-order valence-electron chi connectivity index (χ3n) is 4.56. The summed E-state index contributed by atoms with van der Waals surface area (Å²) < 4.78 is 0. The molecule has 1 saturated heterocycles. The number of hydrogen-bond donors (Lipinski definition) is 0. The van der Waals surface area contributed by atoms with Crippen molar-refractivity contribution in [1.29, 1.82) is 0 Å². The number of amides is 1. The fraction of sp³-hybridized carbons (Fsp3) is 0.882. The van der Waals surface area contributed by atoms with Crippen molar-refractivity contribution < 1.29 is 9.59 Å². The lowest BCUT2D eigenvalue weighted by molar-refractivity contribution is -0.144. The summed E-state index contributed by atoms with van der Waals surface area (Å²) in [5.41, 5.74) is -0.127. The first-order valence-corrected chi connectivity index (χ1v) is 8.08. The number of ketones is 1. The Morgan fingerprint density at radius 3 is 1.95 bits per heavy atom. The minimum atomic E-state index is -0.317. The van der Waals surface area contributed by atoms with Gasteiger partial charge in [-0.15, -0.1) is 0 Å². The van der Waals surface area contributed by atoms with Crippen LogP contribution in [0.5, 0.6) is 0 Å². The van der Waals surface area contributed by atoms with Crippen molar-refractivity contribution in [1.82, 2.24) is 9.80 Å². The second-order valence-electron chi connectivity index (χ2n) is 7.85. The molecule has 21 heavy (non-hydrogen) atoms. The van der Waals surface area contributed by atoms with Gasteiger partial charge in [0.1, 0.15) is 5.78 Å². The van der Waals surface area contributed by atoms with Gasteiger partial charge in [0.2, 0.25) is 5.91 Å². The predicted octanol–water partition coefficient (Wildman–Crippen LogP) is 2.57. The predicted molar refractivity (Wildman–Crippen MR) is 86.2 cm³/mol. The first kappa shape index (κ1) is 18.1. The molecule has 0 aromatic rings. The number of piperazine rings is 1. The Labute approximate surface area is 129 Å². The molecule has 1 rings (SSSR count). The van der Waals surface area contributed by atoms with Crippen molar-refractivity contribution >= 4 is 11.7 Å². The SMILES string of the molecule is CCC(C)(C)CC(C)(C)C(=O)N1CCN(CC(C)=O)CC1. The summed E-state index contributed by atoms with van der Waals surface area (Å²) in [6.07, 6.45) is 1.99. The normalized spacial score (nSPS) is 17.9. The van der Waals surface area contributed by atoms with Gasteiger partial charge in [0.25, 0.3) is 0 Å². The highest BCUT2D eigenvalue weighted by Gasteiger charge is 2.37. The van der Waals surface area contributed by atoms with Crippen LogP contribution < -0.4 is 0 Å². The van der Waals surface area contributed by atoms with Gasteiger partial charge in [-0.1, -0.05) is 41.0 Å². The molecule has 4 nitrogen and oxygen atoms in total. The number of rotatable bonds is 6. The van der Waals surface area contributed by atoms with Crippen molar-refractivity contribution in [2.45, 2.75) is 54.4 Å². The molecule has 1 heterocycles. The van der Waals surface area contributed by atoms with E-state index in [1.165, 1.54) is 0 Å². The topological polar surface area (TPSA) is 40.6 Å². The van der Waals surface area contributed by atoms with Gasteiger partial charge in [0.05, 0.1) is 6.54 Å². The summed E-state index contributed by atoms with van der Waals surface area (Å²) in [4.78, 5) is 28.0. The van der Waals surface area contributed by atoms with E-state index in [-0.39, 0.29) is 22.5 Å². The molecule has 0 spiro atoms. The molecular formula is C17H32N2O2. The van der Waals surface area contributed by atoms with Crippen LogP contribution in [0.3, 0.4) is 0 Å². The molecule has 0 aromatic carbocycles. The molecule has 1 fully saturated rings. The maximum atomic E-state index is 12.8. The van der Waals surface area contributed by atoms with Crippen LogP contribution in [0, 0.1) is 10.8 Å². The molecule has 122 valence electrons. The molecular weight excluding hydrogens is 264 g/mol. The Bertz CT molecular complexity index is 380. The summed E-state index contributed by atoms with van der Waals surface area (Å²) in [5, 5.41) is 0. The third-order valence-corrected chi connectivity index (χ3v) is 4.56. The van der Waals surface area contributed by atoms with Crippen LogP contribution in [-0.2, 0) is 9.59 Å². The lowest BCUT2D eigenvalue weighted by atomic mass is 9.73. The number of Topliss-reactive ketones (excluding diaryl/α,β-unsaturated/α-hetero) is 1. The van der Waals surface area contributed by atoms with Gasteiger partial charge in [-0.05, 0) is 18.8 Å². The van der Waals surface area contributed by atoms with Gasteiger partial charge in [0, 0.05) is 31.6 Å². The van der Waals surface area contributed by atoms with Crippen molar-refractivity contribution in [2.24, 2.45) is 10.8 Å². The molecule has 4 heteroatoms. The lowest BCUT2D eigenvalue weighted by Gasteiger charge is -2.40. The highest BCUT2D eigenvalue weighted by molar-refractivity contribution is 5.82. The molecule has 1 amide bonds. The average molecular weight is 296 g/mol. The number of carbonyl (C=O) groups excluding carboxylic acids is 2. The molecule has 1 aliphatic rings. The van der Waals surface area contributed by atoms with Crippen LogP contribution in [0.4, 0.5) is 0 Å². The summed E-state index contributed by atoms with van der Waals surface area (Å²) in [7, 11) is 0. The molecule has 0 unspecified atom stereocenters. The molecule has 0 saturated carbocycles. The van der Waals surface area contributed by atoms with Crippen LogP contribution in [0.25, 0.3) is 0 Å². The fourth-order valence-electron chi connectivity index (χ4n) is 3.25. The molecule has 0 atom stereocenters. The van der Waals surface area contributed by atoms with Gasteiger partial charge < -0.3 is 4.90 Å². The smallest absolute Gasteiger partial charge is 0.228 e. The molecule has 0 aromatic heterocycles. The Kier molecular flexibility index (Phi) is 5.97. The van der Waals surface area contributed by atoms with E-state index < -0.39 is 0 Å². The largest absolute Gasteiger partial charge is 0.340 e. The van der Waals surface area contributed by atoms with Crippen LogP contribution in [0.1, 0.15) is 54.4 Å². The van der Waals surface area contributed by atoms with E-state index >= 15 is 0 Å². The van der Waals surface area contributed by atoms with Gasteiger partial charge in [-0.2, -0.15) is 0 Å². The Balaban J connectivity index is 2.58. The summed E-state index contributed by atoms with van der Waals surface area (Å²) in [6.45, 7) is 16.0. The monoisotopic (exact) mass is 296 g/mol. The summed E-state index contributed by atoms with van der Waals surface area (Å²) >= 11 is 0.